The Bertz CT molecular complexity index is 629. The lowest BCUT2D eigenvalue weighted by molar-refractivity contribution is -0.870. The van der Waals surface area contributed by atoms with Crippen molar-refractivity contribution in [3.8, 4) is 0 Å². The van der Waals surface area contributed by atoms with Gasteiger partial charge in [-0.3, -0.25) is 18.8 Å². The van der Waals surface area contributed by atoms with Gasteiger partial charge in [-0.15, -0.1) is 0 Å². The average Bonchev–Trinajstić information content (AvgIpc) is 3.53. The zero-order valence-electron chi connectivity index (χ0n) is 22.1. The molecule has 9 heteroatoms. The van der Waals surface area contributed by atoms with Gasteiger partial charge in [0.2, 0.25) is 0 Å². The highest BCUT2D eigenvalue weighted by Crippen LogP contribution is 2.44. The molecular formula is C25H50N2O6P+. The molecule has 1 aliphatic rings. The van der Waals surface area contributed by atoms with Crippen molar-refractivity contribution in [1.82, 2.24) is 0 Å². The van der Waals surface area contributed by atoms with E-state index in [2.05, 4.69) is 11.9 Å². The van der Waals surface area contributed by atoms with Gasteiger partial charge in [-0.2, -0.15) is 0 Å². The molecule has 1 aliphatic heterocycles. The van der Waals surface area contributed by atoms with Gasteiger partial charge in [-0.05, 0) is 6.42 Å². The Morgan fingerprint density at radius 2 is 1.38 bits per heavy atom. The van der Waals surface area contributed by atoms with Gasteiger partial charge in [0.05, 0.1) is 27.7 Å². The molecule has 8 nitrogen and oxygen atoms in total. The number of aliphatic imine (C=N–C) groups is 1. The number of carbonyl (C=O) groups is 1. The van der Waals surface area contributed by atoms with Gasteiger partial charge >= 0.3 is 13.8 Å². The summed E-state index contributed by atoms with van der Waals surface area (Å²) in [5.74, 6) is -0.260. The number of likely N-dealkylation sites (N-methyl/N-ethyl adjacent to an activating group) is 1. The molecule has 0 bridgehead atoms. The Balaban J connectivity index is 1.99. The van der Waals surface area contributed by atoms with E-state index in [0.29, 0.717) is 17.4 Å². The number of esters is 1. The van der Waals surface area contributed by atoms with E-state index in [1.807, 2.05) is 21.1 Å². The zero-order chi connectivity index (χ0) is 25.3. The van der Waals surface area contributed by atoms with Gasteiger partial charge in [0.15, 0.2) is 5.54 Å². The summed E-state index contributed by atoms with van der Waals surface area (Å²) in [5.41, 5.74) is -0.826. The van der Waals surface area contributed by atoms with Crippen LogP contribution in [0.2, 0.25) is 0 Å². The fraction of sp³-hybridized carbons (Fsp3) is 0.920. The molecule has 0 fully saturated rings. The highest BCUT2D eigenvalue weighted by Gasteiger charge is 2.41. The quantitative estimate of drug-likeness (QED) is 0.0832. The summed E-state index contributed by atoms with van der Waals surface area (Å²) >= 11 is 0. The van der Waals surface area contributed by atoms with Crippen LogP contribution in [-0.4, -0.2) is 74.6 Å². The van der Waals surface area contributed by atoms with Crippen molar-refractivity contribution < 1.29 is 32.5 Å². The Kier molecular flexibility index (Phi) is 15.4. The van der Waals surface area contributed by atoms with Crippen LogP contribution in [0, 0.1) is 0 Å². The van der Waals surface area contributed by atoms with E-state index in [0.717, 1.165) is 19.3 Å². The minimum Gasteiger partial charge on any atom is -0.463 e. The van der Waals surface area contributed by atoms with Crippen LogP contribution in [0.3, 0.4) is 0 Å². The minimum absolute atomic E-state index is 0.0309. The Morgan fingerprint density at radius 3 is 1.85 bits per heavy atom. The van der Waals surface area contributed by atoms with Crippen LogP contribution in [0.15, 0.2) is 4.99 Å². The molecule has 200 valence electrons. The van der Waals surface area contributed by atoms with Gasteiger partial charge < -0.3 is 14.1 Å². The molecule has 0 saturated heterocycles. The lowest BCUT2D eigenvalue weighted by atomic mass is 10.0. The molecule has 1 N–H and O–H groups in total. The highest BCUT2D eigenvalue weighted by molar-refractivity contribution is 7.47. The zero-order valence-corrected chi connectivity index (χ0v) is 23.0. The summed E-state index contributed by atoms with van der Waals surface area (Å²) in [7, 11) is 1.74. The number of quaternary nitrogens is 1. The topological polar surface area (TPSA) is 94.4 Å². The molecule has 2 unspecified atom stereocenters. The van der Waals surface area contributed by atoms with E-state index in [1.54, 1.807) is 6.21 Å². The molecule has 34 heavy (non-hydrogen) atoms. The third kappa shape index (κ3) is 17.6. The molecule has 1 rings (SSSR count). The predicted octanol–water partition coefficient (Wildman–Crippen LogP) is 5.67. The first-order valence-corrected chi connectivity index (χ1v) is 14.7. The molecule has 0 radical (unpaired) electrons. The van der Waals surface area contributed by atoms with E-state index in [4.69, 9.17) is 13.8 Å². The first kappa shape index (κ1) is 31.2. The Labute approximate surface area is 207 Å². The second-order valence-electron chi connectivity index (χ2n) is 10.6. The van der Waals surface area contributed by atoms with Crippen molar-refractivity contribution in [2.75, 3.05) is 47.5 Å². The number of ether oxygens (including phenoxy) is 1. The Hall–Kier alpha value is -0.790. The molecule has 0 spiro atoms. The van der Waals surface area contributed by atoms with Gasteiger partial charge in [0, 0.05) is 12.6 Å². The summed E-state index contributed by atoms with van der Waals surface area (Å²) in [5, 5.41) is 0. The second kappa shape index (κ2) is 16.8. The third-order valence-electron chi connectivity index (χ3n) is 5.96. The SMILES string of the molecule is CCCCCCCCCCCCCCCC(=O)OCC1(COP(=O)(O)OCC[N+](C)(C)C)C=N1. The number of carbonyl (C=O) groups excluding carboxylic acids is 1. The molecule has 0 amide bonds. The van der Waals surface area contributed by atoms with E-state index >= 15 is 0 Å². The van der Waals surface area contributed by atoms with Crippen LogP contribution in [-0.2, 0) is 23.1 Å². The maximum absolute atomic E-state index is 12.0. The second-order valence-corrected chi connectivity index (χ2v) is 12.1. The predicted molar refractivity (Wildman–Crippen MR) is 137 cm³/mol. The third-order valence-corrected chi connectivity index (χ3v) is 6.92. The molecule has 2 atom stereocenters. The normalized spacial score (nSPS) is 19.2. The molecule has 0 aliphatic carbocycles. The molecular weight excluding hydrogens is 455 g/mol. The van der Waals surface area contributed by atoms with Gasteiger partial charge in [-0.1, -0.05) is 84.0 Å². The molecule has 0 aromatic carbocycles. The van der Waals surface area contributed by atoms with Crippen LogP contribution in [0.1, 0.15) is 96.8 Å². The standard InChI is InChI=1S/C25H49N2O6P/c1-5-6-7-8-9-10-11-12-13-14-15-16-17-18-24(28)31-22-25(21-26-25)23-33-34(29,30)32-20-19-27(2,3)4/h21H,5-20,22-23H2,1-4H3/p+1. The lowest BCUT2D eigenvalue weighted by Crippen LogP contribution is -2.37. The largest absolute Gasteiger partial charge is 0.472 e. The van der Waals surface area contributed by atoms with Gasteiger partial charge in [0.25, 0.3) is 0 Å². The van der Waals surface area contributed by atoms with E-state index < -0.39 is 13.4 Å². The van der Waals surface area contributed by atoms with Gasteiger partial charge in [-0.25, -0.2) is 4.57 Å². The number of phosphoric ester groups is 1. The molecule has 0 aromatic heterocycles. The summed E-state index contributed by atoms with van der Waals surface area (Å²) in [4.78, 5) is 25.9. The van der Waals surface area contributed by atoms with Crippen molar-refractivity contribution in [2.45, 2.75) is 102 Å². The van der Waals surface area contributed by atoms with Crippen molar-refractivity contribution in [2.24, 2.45) is 4.99 Å². The van der Waals surface area contributed by atoms with Crippen LogP contribution >= 0.6 is 7.82 Å². The maximum atomic E-state index is 12.0. The minimum atomic E-state index is -4.16. The van der Waals surface area contributed by atoms with Crippen LogP contribution < -0.4 is 0 Å². The van der Waals surface area contributed by atoms with Crippen molar-refractivity contribution in [1.29, 1.82) is 0 Å². The van der Waals surface area contributed by atoms with Crippen molar-refractivity contribution in [3.05, 3.63) is 0 Å². The van der Waals surface area contributed by atoms with E-state index in [1.165, 1.54) is 64.2 Å². The summed E-state index contributed by atoms with van der Waals surface area (Å²) in [6.45, 7) is 2.83. The van der Waals surface area contributed by atoms with Crippen LogP contribution in [0.5, 0.6) is 0 Å². The van der Waals surface area contributed by atoms with Crippen LogP contribution in [0.25, 0.3) is 0 Å². The van der Waals surface area contributed by atoms with Crippen molar-refractivity contribution >= 4 is 20.0 Å². The number of phosphoric acid groups is 1. The first-order chi connectivity index (χ1) is 16.1. The number of unbranched alkanes of at least 4 members (excludes halogenated alkanes) is 12. The first-order valence-electron chi connectivity index (χ1n) is 13.2. The Morgan fingerprint density at radius 1 is 0.882 bits per heavy atom. The fourth-order valence-corrected chi connectivity index (χ4v) is 4.28. The molecule has 0 aromatic rings. The van der Waals surface area contributed by atoms with Crippen molar-refractivity contribution in [3.63, 3.8) is 0 Å². The van der Waals surface area contributed by atoms with E-state index in [9.17, 15) is 14.3 Å². The summed E-state index contributed by atoms with van der Waals surface area (Å²) < 4.78 is 28.0. The molecule has 1 heterocycles. The number of rotatable bonds is 23. The molecule has 0 saturated carbocycles. The fourth-order valence-electron chi connectivity index (χ4n) is 3.51. The number of hydrogen-bond acceptors (Lipinski definition) is 6. The summed E-state index contributed by atoms with van der Waals surface area (Å²) in [6, 6.07) is 0. The average molecular weight is 506 g/mol. The van der Waals surface area contributed by atoms with Gasteiger partial charge in [0.1, 0.15) is 19.8 Å². The number of hydrogen-bond donors (Lipinski definition) is 1. The highest BCUT2D eigenvalue weighted by atomic mass is 31.2. The monoisotopic (exact) mass is 505 g/mol. The maximum Gasteiger partial charge on any atom is 0.472 e. The smallest absolute Gasteiger partial charge is 0.463 e. The van der Waals surface area contributed by atoms with Crippen LogP contribution in [0.4, 0.5) is 0 Å². The van der Waals surface area contributed by atoms with E-state index in [-0.39, 0.29) is 25.8 Å². The lowest BCUT2D eigenvalue weighted by Gasteiger charge is -2.24. The summed E-state index contributed by atoms with van der Waals surface area (Å²) in [6.07, 6.45) is 18.4. The number of nitrogens with zero attached hydrogens (tertiary/aromatic N) is 2.